The van der Waals surface area contributed by atoms with E-state index in [2.05, 4.69) is 13.8 Å². The molecule has 0 saturated carbocycles. The van der Waals surface area contributed by atoms with E-state index in [1.807, 2.05) is 6.92 Å². The zero-order valence-corrected chi connectivity index (χ0v) is 20.1. The predicted octanol–water partition coefficient (Wildman–Crippen LogP) is 8.12. The lowest BCUT2D eigenvalue weighted by Gasteiger charge is -2.18. The summed E-state index contributed by atoms with van der Waals surface area (Å²) in [6.07, 6.45) is 23.2. The third-order valence-corrected chi connectivity index (χ3v) is 5.97. The molecule has 2 atom stereocenters. The Morgan fingerprint density at radius 2 is 1.00 bits per heavy atom. The van der Waals surface area contributed by atoms with Gasteiger partial charge in [0.25, 0.3) is 0 Å². The van der Waals surface area contributed by atoms with Crippen LogP contribution in [0.1, 0.15) is 149 Å². The number of aliphatic hydroxyl groups excluding tert-OH is 1. The van der Waals surface area contributed by atoms with E-state index in [0.717, 1.165) is 32.1 Å². The summed E-state index contributed by atoms with van der Waals surface area (Å²) >= 11 is 0. The Balaban J connectivity index is 3.47. The first-order chi connectivity index (χ1) is 14.2. The van der Waals surface area contributed by atoms with Crippen LogP contribution in [0.25, 0.3) is 0 Å². The standard InChI is InChI=1S/C26H52O3/c1-4-7-9-10-11-12-13-14-15-16-17-18-19-21-23-25(27)26(28)29-24(6-3)22-20-8-5-2/h24-25,27H,4-23H2,1-3H3. The summed E-state index contributed by atoms with van der Waals surface area (Å²) in [5, 5.41) is 10.1. The molecule has 0 aliphatic carbocycles. The Kier molecular flexibility index (Phi) is 21.7. The number of aliphatic hydroxyl groups is 1. The average molecular weight is 413 g/mol. The molecule has 0 aromatic rings. The van der Waals surface area contributed by atoms with E-state index in [4.69, 9.17) is 4.74 Å². The summed E-state index contributed by atoms with van der Waals surface area (Å²) in [6.45, 7) is 6.49. The van der Waals surface area contributed by atoms with Gasteiger partial charge < -0.3 is 9.84 Å². The van der Waals surface area contributed by atoms with Crippen LogP contribution in [0.15, 0.2) is 0 Å². The van der Waals surface area contributed by atoms with Crippen LogP contribution in [0.4, 0.5) is 0 Å². The first-order valence-electron chi connectivity index (χ1n) is 13.0. The molecule has 0 bridgehead atoms. The SMILES string of the molecule is CCCCCCCCCCCCCCCCC(O)C(=O)OC(CC)CCCCC. The fraction of sp³-hybridized carbons (Fsp3) is 0.962. The molecule has 3 heteroatoms. The minimum atomic E-state index is -0.937. The van der Waals surface area contributed by atoms with Crippen LogP contribution in [0, 0.1) is 0 Å². The number of esters is 1. The third-order valence-electron chi connectivity index (χ3n) is 5.97. The van der Waals surface area contributed by atoms with Crippen LogP contribution < -0.4 is 0 Å². The van der Waals surface area contributed by atoms with E-state index in [1.165, 1.54) is 89.9 Å². The van der Waals surface area contributed by atoms with Gasteiger partial charge in [0.05, 0.1) is 0 Å². The molecule has 0 spiro atoms. The maximum Gasteiger partial charge on any atom is 0.335 e. The molecule has 29 heavy (non-hydrogen) atoms. The summed E-state index contributed by atoms with van der Waals surface area (Å²) in [5.41, 5.74) is 0. The fourth-order valence-corrected chi connectivity index (χ4v) is 3.86. The number of unbranched alkanes of at least 4 members (excludes halogenated alkanes) is 15. The number of rotatable bonds is 22. The number of hydrogen-bond acceptors (Lipinski definition) is 3. The molecule has 0 amide bonds. The van der Waals surface area contributed by atoms with Crippen molar-refractivity contribution < 1.29 is 14.6 Å². The van der Waals surface area contributed by atoms with Crippen molar-refractivity contribution in [1.29, 1.82) is 0 Å². The number of carbonyl (C=O) groups is 1. The van der Waals surface area contributed by atoms with Crippen LogP contribution >= 0.6 is 0 Å². The van der Waals surface area contributed by atoms with Gasteiger partial charge >= 0.3 is 5.97 Å². The van der Waals surface area contributed by atoms with Crippen molar-refractivity contribution in [2.75, 3.05) is 0 Å². The highest BCUT2D eigenvalue weighted by molar-refractivity contribution is 5.74. The fourth-order valence-electron chi connectivity index (χ4n) is 3.86. The second kappa shape index (κ2) is 22.1. The van der Waals surface area contributed by atoms with Crippen molar-refractivity contribution in [1.82, 2.24) is 0 Å². The van der Waals surface area contributed by atoms with E-state index in [9.17, 15) is 9.90 Å². The lowest BCUT2D eigenvalue weighted by Crippen LogP contribution is -2.27. The minimum Gasteiger partial charge on any atom is -0.460 e. The molecule has 2 unspecified atom stereocenters. The van der Waals surface area contributed by atoms with Crippen molar-refractivity contribution in [2.45, 2.75) is 161 Å². The molecule has 3 nitrogen and oxygen atoms in total. The first-order valence-corrected chi connectivity index (χ1v) is 13.0. The van der Waals surface area contributed by atoms with Crippen molar-refractivity contribution in [3.63, 3.8) is 0 Å². The van der Waals surface area contributed by atoms with Crippen LogP contribution in [0.3, 0.4) is 0 Å². The Morgan fingerprint density at radius 1 is 0.621 bits per heavy atom. The lowest BCUT2D eigenvalue weighted by atomic mass is 10.0. The lowest BCUT2D eigenvalue weighted by molar-refractivity contribution is -0.160. The molecule has 0 aliphatic heterocycles. The molecule has 0 rings (SSSR count). The molecule has 174 valence electrons. The molecular formula is C26H52O3. The van der Waals surface area contributed by atoms with Crippen molar-refractivity contribution in [3.8, 4) is 0 Å². The number of hydrogen-bond donors (Lipinski definition) is 1. The van der Waals surface area contributed by atoms with Crippen LogP contribution in [-0.4, -0.2) is 23.3 Å². The number of ether oxygens (including phenoxy) is 1. The van der Waals surface area contributed by atoms with Gasteiger partial charge in [-0.2, -0.15) is 0 Å². The van der Waals surface area contributed by atoms with Crippen molar-refractivity contribution in [2.24, 2.45) is 0 Å². The molecule has 0 aromatic heterocycles. The summed E-state index contributed by atoms with van der Waals surface area (Å²) < 4.78 is 5.49. The van der Waals surface area contributed by atoms with Crippen LogP contribution in [0.2, 0.25) is 0 Å². The van der Waals surface area contributed by atoms with Gasteiger partial charge in [0.1, 0.15) is 6.10 Å². The number of carbonyl (C=O) groups excluding carboxylic acids is 1. The molecule has 0 aromatic carbocycles. The van der Waals surface area contributed by atoms with Gasteiger partial charge in [-0.3, -0.25) is 0 Å². The Bertz CT molecular complexity index is 343. The van der Waals surface area contributed by atoms with E-state index < -0.39 is 12.1 Å². The third kappa shape index (κ3) is 19.2. The van der Waals surface area contributed by atoms with Crippen LogP contribution in [-0.2, 0) is 9.53 Å². The van der Waals surface area contributed by atoms with Crippen molar-refractivity contribution >= 4 is 5.97 Å². The quantitative estimate of drug-likeness (QED) is 0.144. The predicted molar refractivity (Wildman–Crippen MR) is 125 cm³/mol. The zero-order valence-electron chi connectivity index (χ0n) is 20.1. The van der Waals surface area contributed by atoms with Crippen LogP contribution in [0.5, 0.6) is 0 Å². The van der Waals surface area contributed by atoms with Gasteiger partial charge in [0.2, 0.25) is 0 Å². The summed E-state index contributed by atoms with van der Waals surface area (Å²) in [6, 6.07) is 0. The summed E-state index contributed by atoms with van der Waals surface area (Å²) in [7, 11) is 0. The van der Waals surface area contributed by atoms with E-state index in [-0.39, 0.29) is 6.10 Å². The maximum atomic E-state index is 12.0. The average Bonchev–Trinajstić information content (AvgIpc) is 2.73. The zero-order chi connectivity index (χ0) is 21.6. The molecule has 0 radical (unpaired) electrons. The van der Waals surface area contributed by atoms with Gasteiger partial charge in [-0.1, -0.05) is 124 Å². The summed E-state index contributed by atoms with van der Waals surface area (Å²) in [4.78, 5) is 12.0. The maximum absolute atomic E-state index is 12.0. The molecule has 0 aliphatic rings. The first kappa shape index (κ1) is 28.4. The molecule has 0 saturated heterocycles. The largest absolute Gasteiger partial charge is 0.460 e. The van der Waals surface area contributed by atoms with Gasteiger partial charge in [-0.15, -0.1) is 0 Å². The van der Waals surface area contributed by atoms with Crippen molar-refractivity contribution in [3.05, 3.63) is 0 Å². The molecular weight excluding hydrogens is 360 g/mol. The Morgan fingerprint density at radius 3 is 1.45 bits per heavy atom. The highest BCUT2D eigenvalue weighted by atomic mass is 16.6. The van der Waals surface area contributed by atoms with Gasteiger partial charge in [-0.05, 0) is 25.7 Å². The van der Waals surface area contributed by atoms with Gasteiger partial charge in [0, 0.05) is 0 Å². The van der Waals surface area contributed by atoms with E-state index >= 15 is 0 Å². The highest BCUT2D eigenvalue weighted by Gasteiger charge is 2.20. The normalized spacial score (nSPS) is 13.4. The topological polar surface area (TPSA) is 46.5 Å². The second-order valence-corrected chi connectivity index (χ2v) is 8.86. The van der Waals surface area contributed by atoms with Gasteiger partial charge in [0.15, 0.2) is 6.10 Å². The smallest absolute Gasteiger partial charge is 0.335 e. The summed E-state index contributed by atoms with van der Waals surface area (Å²) in [5.74, 6) is -0.414. The molecule has 0 heterocycles. The monoisotopic (exact) mass is 412 g/mol. The second-order valence-electron chi connectivity index (χ2n) is 8.86. The van der Waals surface area contributed by atoms with E-state index in [0.29, 0.717) is 6.42 Å². The molecule has 1 N–H and O–H groups in total. The minimum absolute atomic E-state index is 0.0277. The van der Waals surface area contributed by atoms with Gasteiger partial charge in [-0.25, -0.2) is 4.79 Å². The highest BCUT2D eigenvalue weighted by Crippen LogP contribution is 2.15. The Labute approximate surface area is 182 Å². The Hall–Kier alpha value is -0.570. The molecule has 0 fully saturated rings. The van der Waals surface area contributed by atoms with E-state index in [1.54, 1.807) is 0 Å².